The number of nitrogens with one attached hydrogen (secondary N) is 1. The fourth-order valence-corrected chi connectivity index (χ4v) is 1.97. The van der Waals surface area contributed by atoms with Gasteiger partial charge in [0.05, 0.1) is 12.4 Å². The van der Waals surface area contributed by atoms with Crippen molar-refractivity contribution in [3.05, 3.63) is 60.1 Å². The average molecular weight is 273 g/mol. The van der Waals surface area contributed by atoms with Gasteiger partial charge < -0.3 is 14.8 Å². The fraction of sp³-hybridized carbons (Fsp3) is 0.312. The van der Waals surface area contributed by atoms with Gasteiger partial charge in [-0.05, 0) is 17.7 Å². The molecule has 0 bridgehead atoms. The lowest BCUT2D eigenvalue weighted by atomic mass is 10.1. The molecular formula is C16H19NO3. The molecule has 20 heavy (non-hydrogen) atoms. The Morgan fingerprint density at radius 1 is 1.20 bits per heavy atom. The van der Waals surface area contributed by atoms with Crippen LogP contribution in [0.1, 0.15) is 17.7 Å². The van der Waals surface area contributed by atoms with Crippen LogP contribution in [0.5, 0.6) is 0 Å². The predicted molar refractivity (Wildman–Crippen MR) is 76.2 cm³/mol. The molecule has 1 aromatic heterocycles. The summed E-state index contributed by atoms with van der Waals surface area (Å²) in [5.74, 6) is 0.721. The third-order valence-corrected chi connectivity index (χ3v) is 3.03. The van der Waals surface area contributed by atoms with Gasteiger partial charge in [-0.2, -0.15) is 0 Å². The molecule has 0 aliphatic carbocycles. The zero-order chi connectivity index (χ0) is 14.2. The molecule has 0 saturated carbocycles. The number of rotatable bonds is 7. The number of amides is 1. The lowest BCUT2D eigenvalue weighted by molar-refractivity contribution is -0.121. The van der Waals surface area contributed by atoms with Crippen molar-refractivity contribution in [3.63, 3.8) is 0 Å². The molecule has 1 atom stereocenters. The highest BCUT2D eigenvalue weighted by molar-refractivity contribution is 5.76. The molecule has 2 aromatic rings. The molecule has 1 aromatic carbocycles. The fourth-order valence-electron chi connectivity index (χ4n) is 1.97. The summed E-state index contributed by atoms with van der Waals surface area (Å²) in [4.78, 5) is 11.6. The maximum absolute atomic E-state index is 11.6. The third kappa shape index (κ3) is 4.90. The first-order valence-corrected chi connectivity index (χ1v) is 6.75. The van der Waals surface area contributed by atoms with E-state index in [9.17, 15) is 9.90 Å². The molecule has 0 saturated heterocycles. The first kappa shape index (κ1) is 14.3. The van der Waals surface area contributed by atoms with Crippen LogP contribution in [0.2, 0.25) is 0 Å². The second-order valence-electron chi connectivity index (χ2n) is 4.73. The minimum atomic E-state index is -0.565. The van der Waals surface area contributed by atoms with Gasteiger partial charge >= 0.3 is 0 Å². The second-order valence-corrected chi connectivity index (χ2v) is 4.73. The van der Waals surface area contributed by atoms with Crippen LogP contribution >= 0.6 is 0 Å². The van der Waals surface area contributed by atoms with Crippen molar-refractivity contribution in [3.8, 4) is 0 Å². The van der Waals surface area contributed by atoms with Gasteiger partial charge in [-0.25, -0.2) is 0 Å². The van der Waals surface area contributed by atoms with Gasteiger partial charge in [0, 0.05) is 25.8 Å². The van der Waals surface area contributed by atoms with E-state index < -0.39 is 6.10 Å². The predicted octanol–water partition coefficient (Wildman–Crippen LogP) is 1.93. The van der Waals surface area contributed by atoms with E-state index >= 15 is 0 Å². The van der Waals surface area contributed by atoms with Gasteiger partial charge in [-0.15, -0.1) is 0 Å². The maximum atomic E-state index is 11.6. The van der Waals surface area contributed by atoms with Gasteiger partial charge in [-0.1, -0.05) is 30.3 Å². The SMILES string of the molecule is O=C(CCc1ccco1)NC[C@H](O)Cc1ccccc1. The number of aryl methyl sites for hydroxylation is 1. The molecule has 1 heterocycles. The van der Waals surface area contributed by atoms with Crippen LogP contribution in [0, 0.1) is 0 Å². The normalized spacial score (nSPS) is 12.1. The van der Waals surface area contributed by atoms with E-state index in [0.29, 0.717) is 19.3 Å². The summed E-state index contributed by atoms with van der Waals surface area (Å²) in [5.41, 5.74) is 1.06. The Morgan fingerprint density at radius 3 is 2.70 bits per heavy atom. The van der Waals surface area contributed by atoms with E-state index in [1.165, 1.54) is 0 Å². The van der Waals surface area contributed by atoms with E-state index in [1.807, 2.05) is 36.4 Å². The van der Waals surface area contributed by atoms with Crippen LogP contribution in [-0.2, 0) is 17.6 Å². The number of carbonyl (C=O) groups excluding carboxylic acids is 1. The molecule has 1 amide bonds. The molecule has 2 rings (SSSR count). The lowest BCUT2D eigenvalue weighted by Crippen LogP contribution is -2.33. The highest BCUT2D eigenvalue weighted by Crippen LogP contribution is 2.04. The van der Waals surface area contributed by atoms with Crippen LogP contribution < -0.4 is 5.32 Å². The van der Waals surface area contributed by atoms with Crippen molar-refractivity contribution in [1.29, 1.82) is 0 Å². The van der Waals surface area contributed by atoms with Crippen molar-refractivity contribution in [2.45, 2.75) is 25.4 Å². The Balaban J connectivity index is 1.65. The Bertz CT molecular complexity index is 508. The minimum Gasteiger partial charge on any atom is -0.469 e. The van der Waals surface area contributed by atoms with E-state index in [0.717, 1.165) is 11.3 Å². The summed E-state index contributed by atoms with van der Waals surface area (Å²) in [7, 11) is 0. The third-order valence-electron chi connectivity index (χ3n) is 3.03. The van der Waals surface area contributed by atoms with E-state index in [4.69, 9.17) is 4.42 Å². The molecule has 106 valence electrons. The summed E-state index contributed by atoms with van der Waals surface area (Å²) < 4.78 is 5.16. The molecule has 0 spiro atoms. The Labute approximate surface area is 118 Å². The summed E-state index contributed by atoms with van der Waals surface area (Å²) in [6.45, 7) is 0.270. The summed E-state index contributed by atoms with van der Waals surface area (Å²) in [5, 5.41) is 12.6. The first-order chi connectivity index (χ1) is 9.74. The van der Waals surface area contributed by atoms with Gasteiger partial charge in [-0.3, -0.25) is 4.79 Å². The van der Waals surface area contributed by atoms with E-state index in [-0.39, 0.29) is 12.5 Å². The van der Waals surface area contributed by atoms with Crippen LogP contribution in [-0.4, -0.2) is 23.7 Å². The highest BCUT2D eigenvalue weighted by atomic mass is 16.3. The number of furan rings is 1. The Hall–Kier alpha value is -2.07. The number of hydrogen-bond acceptors (Lipinski definition) is 3. The number of hydrogen-bond donors (Lipinski definition) is 2. The molecule has 0 aliphatic rings. The van der Waals surface area contributed by atoms with Crippen molar-refractivity contribution < 1.29 is 14.3 Å². The first-order valence-electron chi connectivity index (χ1n) is 6.75. The molecule has 0 unspecified atom stereocenters. The van der Waals surface area contributed by atoms with Gasteiger partial charge in [0.2, 0.25) is 5.91 Å². The molecule has 0 radical (unpaired) electrons. The van der Waals surface area contributed by atoms with Crippen LogP contribution in [0.25, 0.3) is 0 Å². The van der Waals surface area contributed by atoms with Gasteiger partial charge in [0.25, 0.3) is 0 Å². The minimum absolute atomic E-state index is 0.0755. The highest BCUT2D eigenvalue weighted by Gasteiger charge is 2.08. The monoisotopic (exact) mass is 273 g/mol. The molecular weight excluding hydrogens is 254 g/mol. The van der Waals surface area contributed by atoms with Crippen LogP contribution in [0.3, 0.4) is 0 Å². The molecule has 0 aliphatic heterocycles. The van der Waals surface area contributed by atoms with Crippen LogP contribution in [0.4, 0.5) is 0 Å². The smallest absolute Gasteiger partial charge is 0.220 e. The van der Waals surface area contributed by atoms with Crippen molar-refractivity contribution in [1.82, 2.24) is 5.32 Å². The molecule has 4 nitrogen and oxygen atoms in total. The standard InChI is InChI=1S/C16H19NO3/c18-14(11-13-5-2-1-3-6-13)12-17-16(19)9-8-15-7-4-10-20-15/h1-7,10,14,18H,8-9,11-12H2,(H,17,19)/t14-/m1/s1. The topological polar surface area (TPSA) is 62.5 Å². The summed E-state index contributed by atoms with van der Waals surface area (Å²) in [6.07, 6.45) is 2.51. The maximum Gasteiger partial charge on any atom is 0.220 e. The number of aliphatic hydroxyl groups excluding tert-OH is 1. The lowest BCUT2D eigenvalue weighted by Gasteiger charge is -2.11. The largest absolute Gasteiger partial charge is 0.469 e. The second kappa shape index (κ2) is 7.50. The van der Waals surface area contributed by atoms with Crippen molar-refractivity contribution in [2.75, 3.05) is 6.54 Å². The van der Waals surface area contributed by atoms with Crippen molar-refractivity contribution in [2.24, 2.45) is 0 Å². The van der Waals surface area contributed by atoms with E-state index in [1.54, 1.807) is 12.3 Å². The summed E-state index contributed by atoms with van der Waals surface area (Å²) >= 11 is 0. The number of aliphatic hydroxyl groups is 1. The Kier molecular flexibility index (Phi) is 5.38. The van der Waals surface area contributed by atoms with Gasteiger partial charge in [0.1, 0.15) is 5.76 Å². The molecule has 2 N–H and O–H groups in total. The zero-order valence-corrected chi connectivity index (χ0v) is 11.3. The summed E-state index contributed by atoms with van der Waals surface area (Å²) in [6, 6.07) is 13.4. The van der Waals surface area contributed by atoms with Gasteiger partial charge in [0.15, 0.2) is 0 Å². The molecule has 0 fully saturated rings. The van der Waals surface area contributed by atoms with Crippen LogP contribution in [0.15, 0.2) is 53.1 Å². The molecule has 4 heteroatoms. The Morgan fingerprint density at radius 2 is 2.00 bits per heavy atom. The number of carbonyl (C=O) groups is 1. The number of benzene rings is 1. The quantitative estimate of drug-likeness (QED) is 0.810. The zero-order valence-electron chi connectivity index (χ0n) is 11.3. The average Bonchev–Trinajstić information content (AvgIpc) is 2.97. The van der Waals surface area contributed by atoms with E-state index in [2.05, 4.69) is 5.32 Å². The van der Waals surface area contributed by atoms with Crippen molar-refractivity contribution >= 4 is 5.91 Å².